The van der Waals surface area contributed by atoms with Crippen LogP contribution in [0.4, 0.5) is 0 Å². The van der Waals surface area contributed by atoms with E-state index in [2.05, 4.69) is 49.7 Å². The van der Waals surface area contributed by atoms with Crippen LogP contribution in [0, 0.1) is 5.92 Å². The summed E-state index contributed by atoms with van der Waals surface area (Å²) < 4.78 is 0. The molecule has 0 aliphatic carbocycles. The lowest BCUT2D eigenvalue weighted by Crippen LogP contribution is -2.59. The molecule has 0 aromatic rings. The topological polar surface area (TPSA) is 18.5 Å². The van der Waals surface area contributed by atoms with Crippen LogP contribution in [0.5, 0.6) is 0 Å². The Morgan fingerprint density at radius 2 is 1.89 bits per heavy atom. The van der Waals surface area contributed by atoms with E-state index in [0.29, 0.717) is 18.1 Å². The molecule has 2 rings (SSSR count). The zero-order valence-corrected chi connectivity index (χ0v) is 13.5. The van der Waals surface area contributed by atoms with E-state index < -0.39 is 0 Å². The first-order valence-corrected chi connectivity index (χ1v) is 8.22. The SMILES string of the molecule is CC(C)NCC(C)C(C)N1CC2CCCN2CC1C. The summed E-state index contributed by atoms with van der Waals surface area (Å²) in [5.41, 5.74) is 0. The van der Waals surface area contributed by atoms with Gasteiger partial charge in [-0.3, -0.25) is 9.80 Å². The van der Waals surface area contributed by atoms with Gasteiger partial charge in [0.05, 0.1) is 0 Å². The average molecular weight is 267 g/mol. The Hall–Kier alpha value is -0.120. The largest absolute Gasteiger partial charge is 0.314 e. The van der Waals surface area contributed by atoms with Gasteiger partial charge in [-0.1, -0.05) is 20.8 Å². The van der Waals surface area contributed by atoms with Crippen molar-refractivity contribution in [3.63, 3.8) is 0 Å². The Morgan fingerprint density at radius 1 is 1.16 bits per heavy atom. The fourth-order valence-corrected chi connectivity index (χ4v) is 3.70. The summed E-state index contributed by atoms with van der Waals surface area (Å²) in [5, 5.41) is 3.59. The second-order valence-corrected chi connectivity index (χ2v) is 7.12. The number of nitrogens with zero attached hydrogens (tertiary/aromatic N) is 2. The first kappa shape index (κ1) is 15.3. The Bertz CT molecular complexity index is 279. The van der Waals surface area contributed by atoms with Gasteiger partial charge < -0.3 is 5.32 Å². The van der Waals surface area contributed by atoms with Crippen LogP contribution in [0.25, 0.3) is 0 Å². The van der Waals surface area contributed by atoms with E-state index in [-0.39, 0.29) is 0 Å². The van der Waals surface area contributed by atoms with E-state index in [9.17, 15) is 0 Å². The molecule has 2 aliphatic rings. The summed E-state index contributed by atoms with van der Waals surface area (Å²) in [6.45, 7) is 16.7. The smallest absolute Gasteiger partial charge is 0.0224 e. The van der Waals surface area contributed by atoms with Crippen LogP contribution in [0.2, 0.25) is 0 Å². The van der Waals surface area contributed by atoms with Crippen LogP contribution in [0.3, 0.4) is 0 Å². The molecule has 0 spiro atoms. The third kappa shape index (κ3) is 3.71. The second-order valence-electron chi connectivity index (χ2n) is 7.12. The van der Waals surface area contributed by atoms with Gasteiger partial charge in [0.2, 0.25) is 0 Å². The average Bonchev–Trinajstić information content (AvgIpc) is 2.80. The highest BCUT2D eigenvalue weighted by atomic mass is 15.3. The van der Waals surface area contributed by atoms with Crippen LogP contribution in [0.1, 0.15) is 47.5 Å². The predicted molar refractivity (Wildman–Crippen MR) is 82.5 cm³/mol. The summed E-state index contributed by atoms with van der Waals surface area (Å²) in [6.07, 6.45) is 2.82. The Kier molecular flexibility index (Phi) is 5.27. The lowest BCUT2D eigenvalue weighted by atomic mass is 9.97. The van der Waals surface area contributed by atoms with Crippen LogP contribution in [-0.4, -0.2) is 60.1 Å². The van der Waals surface area contributed by atoms with Crippen molar-refractivity contribution < 1.29 is 0 Å². The Labute approximate surface area is 119 Å². The number of rotatable bonds is 5. The van der Waals surface area contributed by atoms with Gasteiger partial charge in [0.15, 0.2) is 0 Å². The van der Waals surface area contributed by atoms with Gasteiger partial charge in [-0.2, -0.15) is 0 Å². The van der Waals surface area contributed by atoms with Crippen molar-refractivity contribution in [2.75, 3.05) is 26.2 Å². The Balaban J connectivity index is 1.88. The lowest BCUT2D eigenvalue weighted by Gasteiger charge is -2.46. The summed E-state index contributed by atoms with van der Waals surface area (Å²) >= 11 is 0. The zero-order chi connectivity index (χ0) is 14.0. The minimum atomic E-state index is 0.596. The summed E-state index contributed by atoms with van der Waals surface area (Å²) in [4.78, 5) is 5.48. The first-order chi connectivity index (χ1) is 8.99. The highest BCUT2D eigenvalue weighted by molar-refractivity contribution is 4.93. The van der Waals surface area contributed by atoms with E-state index in [1.165, 1.54) is 32.5 Å². The summed E-state index contributed by atoms with van der Waals surface area (Å²) in [5.74, 6) is 0.720. The van der Waals surface area contributed by atoms with Crippen molar-refractivity contribution in [3.05, 3.63) is 0 Å². The van der Waals surface area contributed by atoms with Gasteiger partial charge in [-0.05, 0) is 45.7 Å². The van der Waals surface area contributed by atoms with Gasteiger partial charge in [-0.25, -0.2) is 0 Å². The quantitative estimate of drug-likeness (QED) is 0.824. The molecule has 1 N–H and O–H groups in total. The fraction of sp³-hybridized carbons (Fsp3) is 1.00. The predicted octanol–water partition coefficient (Wildman–Crippen LogP) is 2.18. The molecule has 2 fully saturated rings. The van der Waals surface area contributed by atoms with Crippen molar-refractivity contribution in [1.82, 2.24) is 15.1 Å². The molecule has 2 saturated heterocycles. The molecular formula is C16H33N3. The van der Waals surface area contributed by atoms with Crippen molar-refractivity contribution in [1.29, 1.82) is 0 Å². The molecule has 2 heterocycles. The van der Waals surface area contributed by atoms with E-state index in [1.54, 1.807) is 0 Å². The van der Waals surface area contributed by atoms with Crippen molar-refractivity contribution in [2.24, 2.45) is 5.92 Å². The normalized spacial score (nSPS) is 32.5. The standard InChI is InChI=1S/C16H33N3/c1-12(2)17-9-13(3)15(5)19-11-16-7-6-8-18(16)10-14(19)4/h12-17H,6-11H2,1-5H3. The maximum atomic E-state index is 3.59. The molecule has 3 nitrogen and oxygen atoms in total. The van der Waals surface area contributed by atoms with Crippen LogP contribution in [-0.2, 0) is 0 Å². The van der Waals surface area contributed by atoms with E-state index in [1.807, 2.05) is 0 Å². The molecular weight excluding hydrogens is 234 g/mol. The third-order valence-corrected chi connectivity index (χ3v) is 5.18. The van der Waals surface area contributed by atoms with E-state index in [0.717, 1.165) is 18.5 Å². The summed E-state index contributed by atoms with van der Waals surface area (Å²) in [6, 6.07) is 2.83. The number of piperazine rings is 1. The monoisotopic (exact) mass is 267 g/mol. The highest BCUT2D eigenvalue weighted by Gasteiger charge is 2.37. The molecule has 0 aromatic carbocycles. The molecule has 19 heavy (non-hydrogen) atoms. The van der Waals surface area contributed by atoms with Crippen molar-refractivity contribution in [2.45, 2.75) is 71.6 Å². The molecule has 0 amide bonds. The minimum absolute atomic E-state index is 0.596. The zero-order valence-electron chi connectivity index (χ0n) is 13.5. The molecule has 0 saturated carbocycles. The van der Waals surface area contributed by atoms with Crippen molar-refractivity contribution in [3.8, 4) is 0 Å². The maximum absolute atomic E-state index is 3.59. The molecule has 3 heteroatoms. The number of fused-ring (bicyclic) bond motifs is 1. The van der Waals surface area contributed by atoms with Crippen LogP contribution < -0.4 is 5.32 Å². The van der Waals surface area contributed by atoms with Crippen molar-refractivity contribution >= 4 is 0 Å². The molecule has 112 valence electrons. The van der Waals surface area contributed by atoms with Gasteiger partial charge in [0.25, 0.3) is 0 Å². The van der Waals surface area contributed by atoms with Gasteiger partial charge in [-0.15, -0.1) is 0 Å². The molecule has 0 radical (unpaired) electrons. The maximum Gasteiger partial charge on any atom is 0.0224 e. The number of nitrogens with one attached hydrogen (secondary N) is 1. The first-order valence-electron chi connectivity index (χ1n) is 8.22. The molecule has 4 unspecified atom stereocenters. The minimum Gasteiger partial charge on any atom is -0.314 e. The van der Waals surface area contributed by atoms with E-state index in [4.69, 9.17) is 0 Å². The molecule has 2 aliphatic heterocycles. The van der Waals surface area contributed by atoms with Gasteiger partial charge in [0.1, 0.15) is 0 Å². The number of hydrogen-bond acceptors (Lipinski definition) is 3. The van der Waals surface area contributed by atoms with Crippen LogP contribution >= 0.6 is 0 Å². The lowest BCUT2D eigenvalue weighted by molar-refractivity contribution is 0.0168. The van der Waals surface area contributed by atoms with Gasteiger partial charge >= 0.3 is 0 Å². The second kappa shape index (κ2) is 6.55. The number of hydrogen-bond donors (Lipinski definition) is 1. The highest BCUT2D eigenvalue weighted by Crippen LogP contribution is 2.27. The third-order valence-electron chi connectivity index (χ3n) is 5.18. The molecule has 4 atom stereocenters. The molecule has 0 bridgehead atoms. The van der Waals surface area contributed by atoms with Crippen LogP contribution in [0.15, 0.2) is 0 Å². The summed E-state index contributed by atoms with van der Waals surface area (Å²) in [7, 11) is 0. The van der Waals surface area contributed by atoms with E-state index >= 15 is 0 Å². The molecule has 0 aromatic heterocycles. The Morgan fingerprint density at radius 3 is 2.58 bits per heavy atom. The van der Waals surface area contributed by atoms with Gasteiger partial charge in [0, 0.05) is 37.3 Å². The fourth-order valence-electron chi connectivity index (χ4n) is 3.70.